The Morgan fingerprint density at radius 1 is 0.960 bits per heavy atom. The van der Waals surface area contributed by atoms with Crippen molar-refractivity contribution in [1.29, 1.82) is 0 Å². The largest absolute Gasteiger partial charge is 0.507 e. The second-order valence-electron chi connectivity index (χ2n) is 5.93. The fourth-order valence-electron chi connectivity index (χ4n) is 3.08. The smallest absolute Gasteiger partial charge is 0.336 e. The highest BCUT2D eigenvalue weighted by atomic mass is 16.5. The van der Waals surface area contributed by atoms with Gasteiger partial charge in [0.2, 0.25) is 0 Å². The molecule has 2 aromatic carbocycles. The van der Waals surface area contributed by atoms with Crippen LogP contribution in [0.2, 0.25) is 0 Å². The van der Waals surface area contributed by atoms with Gasteiger partial charge in [-0.25, -0.2) is 4.79 Å². The van der Waals surface area contributed by atoms with Crippen LogP contribution in [0.15, 0.2) is 45.6 Å². The van der Waals surface area contributed by atoms with Gasteiger partial charge in [-0.2, -0.15) is 0 Å². The molecule has 3 aromatic rings. The third kappa shape index (κ3) is 2.45. The van der Waals surface area contributed by atoms with E-state index in [1.54, 1.807) is 0 Å². The van der Waals surface area contributed by atoms with E-state index in [1.807, 2.05) is 0 Å². The Morgan fingerprint density at radius 2 is 1.76 bits per heavy atom. The van der Waals surface area contributed by atoms with Crippen molar-refractivity contribution in [2.75, 3.05) is 0 Å². The summed E-state index contributed by atoms with van der Waals surface area (Å²) >= 11 is 0. The van der Waals surface area contributed by atoms with Gasteiger partial charge in [0.05, 0.1) is 11.5 Å². The van der Waals surface area contributed by atoms with Crippen molar-refractivity contribution in [2.45, 2.75) is 18.6 Å². The molecule has 7 nitrogen and oxygen atoms in total. The maximum Gasteiger partial charge on any atom is 0.336 e. The first-order chi connectivity index (χ1) is 11.9. The Kier molecular flexibility index (Phi) is 3.33. The average molecular weight is 342 g/mol. The van der Waals surface area contributed by atoms with Crippen molar-refractivity contribution in [1.82, 2.24) is 0 Å². The van der Waals surface area contributed by atoms with Gasteiger partial charge in [0.25, 0.3) is 0 Å². The van der Waals surface area contributed by atoms with Gasteiger partial charge in [-0.15, -0.1) is 0 Å². The highest BCUT2D eigenvalue weighted by Gasteiger charge is 2.33. The molecule has 1 aromatic heterocycles. The average Bonchev–Trinajstić information content (AvgIpc) is 2.58. The van der Waals surface area contributed by atoms with E-state index in [-0.39, 0.29) is 35.0 Å². The summed E-state index contributed by atoms with van der Waals surface area (Å²) < 4.78 is 11.0. The molecular formula is C18H14O7. The Bertz CT molecular complexity index is 1040. The Labute approximate surface area is 141 Å². The van der Waals surface area contributed by atoms with Crippen LogP contribution in [-0.4, -0.2) is 26.5 Å². The van der Waals surface area contributed by atoms with E-state index in [0.29, 0.717) is 16.5 Å². The summed E-state index contributed by atoms with van der Waals surface area (Å²) in [7, 11) is 0. The van der Waals surface area contributed by atoms with Crippen LogP contribution in [0.5, 0.6) is 23.0 Å². The number of aliphatic hydroxyl groups excluding tert-OH is 1. The second kappa shape index (κ2) is 5.42. The van der Waals surface area contributed by atoms with Gasteiger partial charge in [0, 0.05) is 24.1 Å². The number of phenolic OH excluding ortho intramolecular Hbond substituents is 3. The van der Waals surface area contributed by atoms with Crippen molar-refractivity contribution in [3.8, 4) is 23.0 Å². The Balaban J connectivity index is 1.84. The zero-order chi connectivity index (χ0) is 17.7. The second-order valence-corrected chi connectivity index (χ2v) is 5.93. The molecule has 25 heavy (non-hydrogen) atoms. The van der Waals surface area contributed by atoms with Crippen molar-refractivity contribution in [2.24, 2.45) is 0 Å². The SMILES string of the molecule is O=c1ccc2c(O)cc3c(c2o1)CC(O)C(c1ccc(O)c(O)c1)O3. The van der Waals surface area contributed by atoms with Crippen LogP contribution in [0.3, 0.4) is 0 Å². The summed E-state index contributed by atoms with van der Waals surface area (Å²) in [5.74, 6) is -0.435. The molecule has 0 fully saturated rings. The summed E-state index contributed by atoms with van der Waals surface area (Å²) in [5, 5.41) is 40.0. The lowest BCUT2D eigenvalue weighted by molar-refractivity contribution is 0.0207. The number of fused-ring (bicyclic) bond motifs is 3. The van der Waals surface area contributed by atoms with E-state index in [1.165, 1.54) is 36.4 Å². The molecule has 1 aliphatic rings. The van der Waals surface area contributed by atoms with Crippen LogP contribution >= 0.6 is 0 Å². The van der Waals surface area contributed by atoms with Crippen LogP contribution in [0.1, 0.15) is 17.2 Å². The molecule has 4 rings (SSSR count). The molecule has 0 aliphatic carbocycles. The lowest BCUT2D eigenvalue weighted by atomic mass is 9.93. The maximum absolute atomic E-state index is 11.5. The van der Waals surface area contributed by atoms with Gasteiger partial charge in [-0.05, 0) is 23.8 Å². The molecular weight excluding hydrogens is 328 g/mol. The summed E-state index contributed by atoms with van der Waals surface area (Å²) in [4.78, 5) is 11.5. The van der Waals surface area contributed by atoms with Crippen LogP contribution < -0.4 is 10.4 Å². The van der Waals surface area contributed by atoms with Crippen molar-refractivity contribution in [3.63, 3.8) is 0 Å². The minimum absolute atomic E-state index is 0.110. The molecule has 1 aliphatic heterocycles. The fraction of sp³-hybridized carbons (Fsp3) is 0.167. The standard InChI is InChI=1S/C18H14O7/c19-11-3-1-8(5-13(11)21)17-14(22)6-10-15(24-17)7-12(20)9-2-4-16(23)25-18(9)10/h1-5,7,14,17,19-22H,6H2. The zero-order valence-electron chi connectivity index (χ0n) is 12.8. The van der Waals surface area contributed by atoms with Crippen LogP contribution in [0.25, 0.3) is 11.0 Å². The van der Waals surface area contributed by atoms with E-state index in [2.05, 4.69) is 0 Å². The van der Waals surface area contributed by atoms with Gasteiger partial charge < -0.3 is 29.6 Å². The van der Waals surface area contributed by atoms with E-state index < -0.39 is 17.8 Å². The Morgan fingerprint density at radius 3 is 2.52 bits per heavy atom. The van der Waals surface area contributed by atoms with Gasteiger partial charge >= 0.3 is 5.63 Å². The number of benzene rings is 2. The molecule has 0 radical (unpaired) electrons. The first-order valence-corrected chi connectivity index (χ1v) is 7.59. The molecule has 2 atom stereocenters. The third-order valence-electron chi connectivity index (χ3n) is 4.29. The zero-order valence-corrected chi connectivity index (χ0v) is 12.8. The molecule has 0 amide bonds. The van der Waals surface area contributed by atoms with E-state index >= 15 is 0 Å². The van der Waals surface area contributed by atoms with Crippen LogP contribution in [0, 0.1) is 0 Å². The topological polar surface area (TPSA) is 120 Å². The molecule has 128 valence electrons. The fourth-order valence-corrected chi connectivity index (χ4v) is 3.08. The minimum atomic E-state index is -0.977. The van der Waals surface area contributed by atoms with Gasteiger partial charge in [-0.1, -0.05) is 6.07 Å². The Hall–Kier alpha value is -3.19. The molecule has 7 heteroatoms. The monoisotopic (exact) mass is 342 g/mol. The molecule has 0 spiro atoms. The molecule has 0 saturated heterocycles. The number of hydrogen-bond donors (Lipinski definition) is 4. The number of ether oxygens (including phenoxy) is 1. The predicted molar refractivity (Wildman–Crippen MR) is 87.0 cm³/mol. The van der Waals surface area contributed by atoms with Crippen molar-refractivity contribution in [3.05, 3.63) is 57.9 Å². The van der Waals surface area contributed by atoms with Gasteiger partial charge in [-0.3, -0.25) is 0 Å². The molecule has 0 saturated carbocycles. The number of hydrogen-bond acceptors (Lipinski definition) is 7. The summed E-state index contributed by atoms with van der Waals surface area (Å²) in [6.07, 6.45) is -1.66. The van der Waals surface area contributed by atoms with E-state index in [9.17, 15) is 25.2 Å². The van der Waals surface area contributed by atoms with Crippen LogP contribution in [-0.2, 0) is 6.42 Å². The molecule has 4 N–H and O–H groups in total. The van der Waals surface area contributed by atoms with Crippen LogP contribution in [0.4, 0.5) is 0 Å². The van der Waals surface area contributed by atoms with Crippen molar-refractivity contribution < 1.29 is 29.6 Å². The van der Waals surface area contributed by atoms with E-state index in [0.717, 1.165) is 0 Å². The maximum atomic E-state index is 11.5. The summed E-state index contributed by atoms with van der Waals surface area (Å²) in [6.45, 7) is 0. The van der Waals surface area contributed by atoms with Gasteiger partial charge in [0.15, 0.2) is 11.5 Å². The van der Waals surface area contributed by atoms with Gasteiger partial charge in [0.1, 0.15) is 23.2 Å². The number of aromatic hydroxyl groups is 3. The molecule has 2 heterocycles. The lowest BCUT2D eigenvalue weighted by Crippen LogP contribution is -2.30. The van der Waals surface area contributed by atoms with Crippen molar-refractivity contribution >= 4 is 11.0 Å². The normalized spacial score (nSPS) is 19.4. The lowest BCUT2D eigenvalue weighted by Gasteiger charge is -2.31. The molecule has 2 unspecified atom stereocenters. The first-order valence-electron chi connectivity index (χ1n) is 7.59. The summed E-state index contributed by atoms with van der Waals surface area (Å²) in [5.41, 5.74) is 0.550. The number of rotatable bonds is 1. The third-order valence-corrected chi connectivity index (χ3v) is 4.29. The highest BCUT2D eigenvalue weighted by molar-refractivity contribution is 5.88. The van der Waals surface area contributed by atoms with E-state index in [4.69, 9.17) is 9.15 Å². The highest BCUT2D eigenvalue weighted by Crippen LogP contribution is 2.43. The molecule has 0 bridgehead atoms. The minimum Gasteiger partial charge on any atom is -0.507 e. The number of phenols is 3. The number of aliphatic hydroxyl groups is 1. The quantitative estimate of drug-likeness (QED) is 0.394. The predicted octanol–water partition coefficient (Wildman–Crippen LogP) is 1.95. The summed E-state index contributed by atoms with van der Waals surface area (Å²) in [6, 6.07) is 8.18. The first kappa shape index (κ1) is 15.3.